The lowest BCUT2D eigenvalue weighted by molar-refractivity contribution is 0.669. The molecule has 16 aromatic carbocycles. The van der Waals surface area contributed by atoms with Crippen molar-refractivity contribution in [2.24, 2.45) is 0 Å². The highest BCUT2D eigenvalue weighted by atomic mass is 32.1. The van der Waals surface area contributed by atoms with Crippen molar-refractivity contribution in [2.75, 3.05) is 16.0 Å². The zero-order valence-corrected chi connectivity index (χ0v) is 58.9. The van der Waals surface area contributed by atoms with Crippen molar-refractivity contribution in [2.45, 2.75) is 0 Å². The van der Waals surface area contributed by atoms with E-state index in [-0.39, 0.29) is 0 Å². The summed E-state index contributed by atoms with van der Waals surface area (Å²) in [5.74, 6) is 0. The van der Waals surface area contributed by atoms with Gasteiger partial charge in [0.25, 0.3) is 0 Å². The molecule has 0 fully saturated rings. The van der Waals surface area contributed by atoms with Gasteiger partial charge in [-0.05, 0) is 155 Å². The van der Waals surface area contributed by atoms with Gasteiger partial charge in [-0.2, -0.15) is 0 Å². The van der Waals surface area contributed by atoms with Gasteiger partial charge in [0, 0.05) is 138 Å². The molecule has 6 nitrogen and oxygen atoms in total. The molecule has 9 heteroatoms. The predicted octanol–water partition coefficient (Wildman–Crippen LogP) is 29.8. The van der Waals surface area contributed by atoms with Crippen LogP contribution in [0.5, 0.6) is 0 Å². The van der Waals surface area contributed by atoms with Gasteiger partial charge in [-0.25, -0.2) is 0 Å². The van der Waals surface area contributed by atoms with E-state index in [4.69, 9.17) is 13.3 Å². The standard InChI is InChI=1S/C36H23NO2.C36H23NS2.C24H15NOS/c2*1-3-13-33-29(7-1)31-11-5-9-27(35(31)38-33)23-15-19-25(20-16-23)37-26-21-17-24(18-22-26)28-10-6-12-32-30-8-2-4-14-34(30)39-36(28)32;1-3-7-21-17(5-1)19-13-15(9-11-22(19)26-21)25-16-10-12-24-20(14-16)18-6-2-4-8-23(18)27-24/h2*1-22,37H;1-14,25H. The average molecular weight is 1400 g/mol. The van der Waals surface area contributed by atoms with Gasteiger partial charge in [0.1, 0.15) is 33.5 Å². The Balaban J connectivity index is 0.000000107. The molecule has 0 bridgehead atoms. The van der Waals surface area contributed by atoms with E-state index < -0.39 is 0 Å². The van der Waals surface area contributed by atoms with Crippen molar-refractivity contribution in [3.8, 4) is 44.5 Å². The molecule has 6 aromatic heterocycles. The fraction of sp³-hybridized carbons (Fsp3) is 0. The van der Waals surface area contributed by atoms with Crippen molar-refractivity contribution in [3.63, 3.8) is 0 Å². The van der Waals surface area contributed by atoms with Gasteiger partial charge in [-0.15, -0.1) is 34.0 Å². The third kappa shape index (κ3) is 11.4. The summed E-state index contributed by atoms with van der Waals surface area (Å²) in [5, 5.41) is 25.5. The second kappa shape index (κ2) is 26.1. The summed E-state index contributed by atoms with van der Waals surface area (Å²) >= 11 is 5.59. The summed E-state index contributed by atoms with van der Waals surface area (Å²) in [5.41, 5.74) is 21.4. The average Bonchev–Trinajstić information content (AvgIpc) is 1.58. The highest BCUT2D eigenvalue weighted by Crippen LogP contribution is 2.45. The number of hydrogen-bond acceptors (Lipinski definition) is 9. The molecule has 0 radical (unpaired) electrons. The van der Waals surface area contributed by atoms with E-state index in [9.17, 15) is 0 Å². The molecule has 22 rings (SSSR count). The lowest BCUT2D eigenvalue weighted by Crippen LogP contribution is -1.90. The third-order valence-corrected chi connectivity index (χ3v) is 23.6. The fourth-order valence-electron chi connectivity index (χ4n) is 14.9. The molecule has 0 aliphatic rings. The number of furan rings is 3. The maximum Gasteiger partial charge on any atom is 0.143 e. The van der Waals surface area contributed by atoms with Crippen molar-refractivity contribution in [1.29, 1.82) is 0 Å². The van der Waals surface area contributed by atoms with Crippen LogP contribution in [-0.2, 0) is 0 Å². The maximum absolute atomic E-state index is 6.23. The Kier molecular flexibility index (Phi) is 15.4. The molecule has 0 amide bonds. The number of hydrogen-bond donors (Lipinski definition) is 3. The molecule has 496 valence electrons. The molecule has 3 N–H and O–H groups in total. The molecule has 0 spiro atoms. The first kappa shape index (κ1) is 61.8. The fourth-order valence-corrected chi connectivity index (χ4v) is 18.5. The minimum Gasteiger partial charge on any atom is -0.456 e. The summed E-state index contributed by atoms with van der Waals surface area (Å²) in [6.45, 7) is 0. The maximum atomic E-state index is 6.23. The van der Waals surface area contributed by atoms with E-state index in [1.54, 1.807) is 0 Å². The zero-order chi connectivity index (χ0) is 69.3. The van der Waals surface area contributed by atoms with E-state index >= 15 is 0 Å². The molecule has 0 saturated carbocycles. The summed E-state index contributed by atoms with van der Waals surface area (Å²) < 4.78 is 26.4. The Morgan fingerprint density at radius 3 is 0.933 bits per heavy atom. The van der Waals surface area contributed by atoms with Crippen LogP contribution in [0.3, 0.4) is 0 Å². The van der Waals surface area contributed by atoms with Crippen LogP contribution in [0.2, 0.25) is 0 Å². The van der Waals surface area contributed by atoms with Gasteiger partial charge in [0.2, 0.25) is 0 Å². The molecular weight excluding hydrogens is 1340 g/mol. The number of para-hydroxylation sites is 5. The SMILES string of the molecule is c1ccc2c(c1)oc1c(-c3ccc(Nc4ccc(-c5cccc6c5oc5ccccc56)cc4)cc3)cccc12.c1ccc2c(c1)oc1ccc(Nc3ccc4sc5ccccc5c4c3)cc12.c1ccc2c(c1)sc1c(-c3ccc(Nc4ccc(-c5cccc6c5sc5ccccc56)cc4)cc3)cccc12. The smallest absolute Gasteiger partial charge is 0.143 e. The molecule has 0 aliphatic heterocycles. The molecule has 6 heterocycles. The van der Waals surface area contributed by atoms with E-state index in [2.05, 4.69) is 319 Å². The number of rotatable bonds is 10. The normalized spacial score (nSPS) is 11.6. The Bertz CT molecular complexity index is 6320. The number of thiophene rings is 3. The highest BCUT2D eigenvalue weighted by molar-refractivity contribution is 7.27. The van der Waals surface area contributed by atoms with Crippen LogP contribution in [0.25, 0.3) is 171 Å². The van der Waals surface area contributed by atoms with Gasteiger partial charge in [0.15, 0.2) is 0 Å². The van der Waals surface area contributed by atoms with Gasteiger partial charge < -0.3 is 29.2 Å². The lowest BCUT2D eigenvalue weighted by atomic mass is 10.0. The van der Waals surface area contributed by atoms with Crippen molar-refractivity contribution in [3.05, 3.63) is 352 Å². The second-order valence-electron chi connectivity index (χ2n) is 26.4. The van der Waals surface area contributed by atoms with Gasteiger partial charge >= 0.3 is 0 Å². The first-order chi connectivity index (χ1) is 52.0. The van der Waals surface area contributed by atoms with Gasteiger partial charge in [-0.1, -0.05) is 231 Å². The first-order valence-electron chi connectivity index (χ1n) is 35.2. The number of fused-ring (bicyclic) bond motifs is 18. The van der Waals surface area contributed by atoms with Crippen LogP contribution in [0, 0.1) is 0 Å². The first-order valence-corrected chi connectivity index (χ1v) is 37.6. The number of anilines is 6. The largest absolute Gasteiger partial charge is 0.456 e. The summed E-state index contributed by atoms with van der Waals surface area (Å²) in [7, 11) is 0. The van der Waals surface area contributed by atoms with Crippen LogP contribution in [0.15, 0.2) is 365 Å². The van der Waals surface area contributed by atoms with Crippen molar-refractivity contribution < 1.29 is 13.3 Å². The van der Waals surface area contributed by atoms with E-state index in [1.165, 1.54) is 82.8 Å². The summed E-state index contributed by atoms with van der Waals surface area (Å²) in [6.07, 6.45) is 0. The van der Waals surface area contributed by atoms with Gasteiger partial charge in [0.05, 0.1) is 0 Å². The van der Waals surface area contributed by atoms with E-state index in [0.717, 1.165) is 122 Å². The molecule has 0 unspecified atom stereocenters. The van der Waals surface area contributed by atoms with Crippen molar-refractivity contribution >= 4 is 194 Å². The minimum atomic E-state index is 0.915. The minimum absolute atomic E-state index is 0.915. The number of nitrogens with one attached hydrogen (secondary N) is 3. The van der Waals surface area contributed by atoms with E-state index in [0.29, 0.717) is 0 Å². The second-order valence-corrected chi connectivity index (χ2v) is 29.6. The summed E-state index contributed by atoms with van der Waals surface area (Å²) in [4.78, 5) is 0. The van der Waals surface area contributed by atoms with Crippen LogP contribution >= 0.6 is 34.0 Å². The molecule has 0 atom stereocenters. The molecule has 105 heavy (non-hydrogen) atoms. The Hall–Kier alpha value is -13.0. The number of benzene rings is 16. The molecule has 22 aromatic rings. The topological polar surface area (TPSA) is 75.5 Å². The highest BCUT2D eigenvalue weighted by Gasteiger charge is 2.17. The quantitative estimate of drug-likeness (QED) is 0.127. The van der Waals surface area contributed by atoms with E-state index in [1.807, 2.05) is 82.5 Å². The molecule has 0 aliphatic carbocycles. The van der Waals surface area contributed by atoms with Crippen LogP contribution in [0.4, 0.5) is 34.1 Å². The van der Waals surface area contributed by atoms with Crippen LogP contribution < -0.4 is 16.0 Å². The Labute approximate surface area is 615 Å². The Morgan fingerprint density at radius 2 is 0.476 bits per heavy atom. The zero-order valence-electron chi connectivity index (χ0n) is 56.4. The predicted molar refractivity (Wildman–Crippen MR) is 451 cm³/mol. The van der Waals surface area contributed by atoms with Crippen LogP contribution in [-0.4, -0.2) is 0 Å². The summed E-state index contributed by atoms with van der Waals surface area (Å²) in [6, 6.07) is 124. The molecule has 0 saturated heterocycles. The van der Waals surface area contributed by atoms with Gasteiger partial charge in [-0.3, -0.25) is 0 Å². The Morgan fingerprint density at radius 1 is 0.181 bits per heavy atom. The monoisotopic (exact) mass is 1400 g/mol. The van der Waals surface area contributed by atoms with Crippen molar-refractivity contribution in [1.82, 2.24) is 0 Å². The lowest BCUT2D eigenvalue weighted by Gasteiger charge is -2.10. The van der Waals surface area contributed by atoms with Crippen LogP contribution in [0.1, 0.15) is 0 Å². The molecular formula is C96H61N3O3S3. The third-order valence-electron chi connectivity index (χ3n) is 20.0.